The number of ether oxygens (including phenoxy) is 1. The number of carbonyl (C=O) groups excluding carboxylic acids is 1. The number of nitrogens with zero attached hydrogens (tertiary/aromatic N) is 2. The highest BCUT2D eigenvalue weighted by atomic mass is 32.2. The molecule has 2 atom stereocenters. The number of rotatable bonds is 7. The number of methoxy groups -OCH3 is 1. The fourth-order valence-electron chi connectivity index (χ4n) is 3.79. The maximum absolute atomic E-state index is 13.4. The van der Waals surface area contributed by atoms with Crippen LogP contribution in [0.1, 0.15) is 44.5 Å². The Balaban J connectivity index is 2.44. The highest BCUT2D eigenvalue weighted by Gasteiger charge is 2.34. The molecule has 6 nitrogen and oxygen atoms in total. The van der Waals surface area contributed by atoms with Gasteiger partial charge in [-0.15, -0.1) is 0 Å². The lowest BCUT2D eigenvalue weighted by molar-refractivity contribution is 0.0778. The first-order valence-corrected chi connectivity index (χ1v) is 11.2. The molecule has 0 aliphatic carbocycles. The molecule has 28 heavy (non-hydrogen) atoms. The van der Waals surface area contributed by atoms with Crippen LogP contribution in [-0.4, -0.2) is 56.8 Å². The number of hydrogen-bond acceptors (Lipinski definition) is 4. The standard InChI is InChI=1S/C21H32N2O4S/c1-7-22(12-15(2)3)21(24)18-8-9-19(27-6)20(11-18)28(25,26)23-13-16(4)10-17(5)14-23/h8-9,11,16-17H,2,7,10,12-14H2,1,3-6H3. The fourth-order valence-corrected chi connectivity index (χ4v) is 5.65. The van der Waals surface area contributed by atoms with Crippen LogP contribution in [0.15, 0.2) is 35.2 Å². The molecule has 1 heterocycles. The van der Waals surface area contributed by atoms with Gasteiger partial charge in [0.05, 0.1) is 7.11 Å². The predicted molar refractivity (Wildman–Crippen MR) is 111 cm³/mol. The molecule has 1 aromatic rings. The highest BCUT2D eigenvalue weighted by Crippen LogP contribution is 2.32. The van der Waals surface area contributed by atoms with Gasteiger partial charge < -0.3 is 9.64 Å². The molecule has 7 heteroatoms. The summed E-state index contributed by atoms with van der Waals surface area (Å²) >= 11 is 0. The first-order chi connectivity index (χ1) is 13.1. The lowest BCUT2D eigenvalue weighted by Crippen LogP contribution is -2.42. The van der Waals surface area contributed by atoms with Crippen LogP contribution in [0.25, 0.3) is 0 Å². The van der Waals surface area contributed by atoms with Crippen molar-refractivity contribution in [2.24, 2.45) is 11.8 Å². The maximum Gasteiger partial charge on any atom is 0.254 e. The number of carbonyl (C=O) groups is 1. The molecular weight excluding hydrogens is 376 g/mol. The molecule has 0 saturated carbocycles. The Bertz CT molecular complexity index is 825. The van der Waals surface area contributed by atoms with Crippen LogP contribution in [0.3, 0.4) is 0 Å². The predicted octanol–water partition coefficient (Wildman–Crippen LogP) is 3.40. The Morgan fingerprint density at radius 1 is 1.29 bits per heavy atom. The van der Waals surface area contributed by atoms with Crippen molar-refractivity contribution < 1.29 is 17.9 Å². The van der Waals surface area contributed by atoms with Crippen LogP contribution < -0.4 is 4.74 Å². The summed E-state index contributed by atoms with van der Waals surface area (Å²) < 4.78 is 33.5. The molecule has 0 radical (unpaired) electrons. The normalized spacial score (nSPS) is 20.6. The van der Waals surface area contributed by atoms with Crippen LogP contribution in [0.5, 0.6) is 5.75 Å². The van der Waals surface area contributed by atoms with Gasteiger partial charge in [-0.1, -0.05) is 26.0 Å². The zero-order valence-corrected chi connectivity index (χ0v) is 18.4. The van der Waals surface area contributed by atoms with Crippen molar-refractivity contribution in [3.8, 4) is 5.75 Å². The maximum atomic E-state index is 13.4. The van der Waals surface area contributed by atoms with Crippen LogP contribution in [0.4, 0.5) is 0 Å². The van der Waals surface area contributed by atoms with Crippen LogP contribution >= 0.6 is 0 Å². The van der Waals surface area contributed by atoms with Crippen molar-refractivity contribution >= 4 is 15.9 Å². The molecule has 1 amide bonds. The Morgan fingerprint density at radius 3 is 2.39 bits per heavy atom. The molecule has 1 aliphatic rings. The van der Waals surface area contributed by atoms with Crippen molar-refractivity contribution in [3.05, 3.63) is 35.9 Å². The van der Waals surface area contributed by atoms with Gasteiger partial charge in [-0.05, 0) is 50.3 Å². The van der Waals surface area contributed by atoms with E-state index in [0.29, 0.717) is 43.6 Å². The quantitative estimate of drug-likeness (QED) is 0.649. The third kappa shape index (κ3) is 4.94. The van der Waals surface area contributed by atoms with Gasteiger partial charge in [0.15, 0.2) is 0 Å². The number of hydrogen-bond donors (Lipinski definition) is 0. The van der Waals surface area contributed by atoms with E-state index in [1.165, 1.54) is 17.5 Å². The van der Waals surface area contributed by atoms with E-state index in [1.807, 2.05) is 13.8 Å². The van der Waals surface area contributed by atoms with Gasteiger partial charge in [0, 0.05) is 31.7 Å². The van der Waals surface area contributed by atoms with Gasteiger partial charge in [0.2, 0.25) is 10.0 Å². The molecule has 1 fully saturated rings. The summed E-state index contributed by atoms with van der Waals surface area (Å²) in [4.78, 5) is 14.6. The average molecular weight is 409 g/mol. The summed E-state index contributed by atoms with van der Waals surface area (Å²) in [5.41, 5.74) is 1.20. The number of sulfonamides is 1. The molecule has 0 aromatic heterocycles. The molecule has 1 aliphatic heterocycles. The minimum absolute atomic E-state index is 0.0496. The van der Waals surface area contributed by atoms with E-state index in [1.54, 1.807) is 17.0 Å². The van der Waals surface area contributed by atoms with E-state index in [4.69, 9.17) is 4.74 Å². The Labute approximate surface area is 169 Å². The molecule has 0 N–H and O–H groups in total. The Hall–Kier alpha value is -1.86. The molecule has 1 saturated heterocycles. The number of likely N-dealkylation sites (N-methyl/N-ethyl adjacent to an activating group) is 1. The van der Waals surface area contributed by atoms with Gasteiger partial charge in [0.25, 0.3) is 5.91 Å². The van der Waals surface area contributed by atoms with Gasteiger partial charge in [-0.25, -0.2) is 8.42 Å². The Morgan fingerprint density at radius 2 is 1.89 bits per heavy atom. The smallest absolute Gasteiger partial charge is 0.254 e. The van der Waals surface area contributed by atoms with Crippen LogP contribution in [0, 0.1) is 11.8 Å². The van der Waals surface area contributed by atoms with Crippen molar-refractivity contribution in [2.75, 3.05) is 33.3 Å². The van der Waals surface area contributed by atoms with Crippen molar-refractivity contribution in [1.29, 1.82) is 0 Å². The lowest BCUT2D eigenvalue weighted by atomic mass is 9.94. The minimum atomic E-state index is -3.76. The van der Waals surface area contributed by atoms with E-state index < -0.39 is 10.0 Å². The molecule has 1 aromatic carbocycles. The fraction of sp³-hybridized carbons (Fsp3) is 0.571. The van der Waals surface area contributed by atoms with Gasteiger partial charge in [0.1, 0.15) is 10.6 Å². The zero-order valence-electron chi connectivity index (χ0n) is 17.6. The number of benzene rings is 1. The first kappa shape index (κ1) is 22.4. The van der Waals surface area contributed by atoms with Gasteiger partial charge in [-0.2, -0.15) is 4.31 Å². The van der Waals surface area contributed by atoms with Crippen molar-refractivity contribution in [2.45, 2.75) is 39.0 Å². The van der Waals surface area contributed by atoms with E-state index in [0.717, 1.165) is 12.0 Å². The van der Waals surface area contributed by atoms with Crippen LogP contribution in [0.2, 0.25) is 0 Å². The molecule has 0 bridgehead atoms. The molecule has 0 spiro atoms. The Kier molecular flexibility index (Phi) is 7.28. The molecule has 2 rings (SSSR count). The lowest BCUT2D eigenvalue weighted by Gasteiger charge is -2.34. The second-order valence-electron chi connectivity index (χ2n) is 7.91. The zero-order chi connectivity index (χ0) is 21.1. The SMILES string of the molecule is C=C(C)CN(CC)C(=O)c1ccc(OC)c(S(=O)(=O)N2CC(C)CC(C)C2)c1. The second-order valence-corrected chi connectivity index (χ2v) is 9.82. The van der Waals surface area contributed by atoms with E-state index in [9.17, 15) is 13.2 Å². The molecule has 2 unspecified atom stereocenters. The first-order valence-electron chi connectivity index (χ1n) is 9.71. The van der Waals surface area contributed by atoms with Crippen LogP contribution in [-0.2, 0) is 10.0 Å². The largest absolute Gasteiger partial charge is 0.495 e. The van der Waals surface area contributed by atoms with Gasteiger partial charge >= 0.3 is 0 Å². The van der Waals surface area contributed by atoms with Crippen molar-refractivity contribution in [1.82, 2.24) is 9.21 Å². The third-order valence-electron chi connectivity index (χ3n) is 4.99. The average Bonchev–Trinajstić information content (AvgIpc) is 2.64. The van der Waals surface area contributed by atoms with Gasteiger partial charge in [-0.3, -0.25) is 4.79 Å². The topological polar surface area (TPSA) is 66.9 Å². The number of amides is 1. The summed E-state index contributed by atoms with van der Waals surface area (Å²) in [6.07, 6.45) is 1.01. The summed E-state index contributed by atoms with van der Waals surface area (Å²) in [5, 5.41) is 0. The van der Waals surface area contributed by atoms with Crippen molar-refractivity contribution in [3.63, 3.8) is 0 Å². The summed E-state index contributed by atoms with van der Waals surface area (Å²) in [5.74, 6) is 0.622. The monoisotopic (exact) mass is 408 g/mol. The molecular formula is C21H32N2O4S. The summed E-state index contributed by atoms with van der Waals surface area (Å²) in [6, 6.07) is 4.62. The minimum Gasteiger partial charge on any atom is -0.495 e. The third-order valence-corrected chi connectivity index (χ3v) is 6.85. The summed E-state index contributed by atoms with van der Waals surface area (Å²) in [7, 11) is -2.32. The summed E-state index contributed by atoms with van der Waals surface area (Å²) in [6.45, 7) is 13.6. The number of piperidine rings is 1. The second kappa shape index (κ2) is 9.09. The van der Waals surface area contributed by atoms with E-state index >= 15 is 0 Å². The molecule has 156 valence electrons. The van der Waals surface area contributed by atoms with E-state index in [-0.39, 0.29) is 16.6 Å². The highest BCUT2D eigenvalue weighted by molar-refractivity contribution is 7.89. The van der Waals surface area contributed by atoms with E-state index in [2.05, 4.69) is 20.4 Å².